The lowest BCUT2D eigenvalue weighted by molar-refractivity contribution is 0.100. The molecule has 0 aliphatic carbocycles. The van der Waals surface area contributed by atoms with E-state index in [-0.39, 0.29) is 0 Å². The van der Waals surface area contributed by atoms with Crippen molar-refractivity contribution in [2.24, 2.45) is 0 Å². The zero-order chi connectivity index (χ0) is 14.9. The van der Waals surface area contributed by atoms with Crippen LogP contribution in [0.1, 0.15) is 39.5 Å². The van der Waals surface area contributed by atoms with E-state index in [1.807, 2.05) is 13.8 Å². The molecule has 19 heavy (non-hydrogen) atoms. The zero-order valence-electron chi connectivity index (χ0n) is 10.9. The van der Waals surface area contributed by atoms with Gasteiger partial charge in [0.15, 0.2) is 0 Å². The van der Waals surface area contributed by atoms with E-state index in [1.165, 1.54) is 0 Å². The maximum absolute atomic E-state index is 12.3. The van der Waals surface area contributed by atoms with Crippen LogP contribution in [-0.2, 0) is 18.1 Å². The second-order valence-corrected chi connectivity index (χ2v) is 13.1. The summed E-state index contributed by atoms with van der Waals surface area (Å²) >= 11 is 16.1. The van der Waals surface area contributed by atoms with Gasteiger partial charge < -0.3 is 0 Å². The molecule has 4 nitrogen and oxygen atoms in total. The van der Waals surface area contributed by atoms with Crippen LogP contribution in [0, 0.1) is 0 Å². The van der Waals surface area contributed by atoms with Crippen molar-refractivity contribution in [3.8, 4) is 0 Å². The Kier molecular flexibility index (Phi) is 11.6. The van der Waals surface area contributed by atoms with E-state index in [2.05, 4.69) is 47.8 Å². The Bertz CT molecular complexity index is 276. The van der Waals surface area contributed by atoms with Gasteiger partial charge in [-0.1, -0.05) is 73.2 Å². The first kappa shape index (κ1) is 20.8. The molecule has 0 aromatic rings. The number of halogens is 4. The van der Waals surface area contributed by atoms with Gasteiger partial charge >= 0.3 is 7.82 Å². The number of phosphoric acid groups is 1. The fraction of sp³-hybridized carbons (Fsp3) is 1.00. The van der Waals surface area contributed by atoms with Gasteiger partial charge in [-0.05, 0) is 25.7 Å². The molecule has 0 rings (SSSR count). The van der Waals surface area contributed by atoms with Crippen molar-refractivity contribution in [2.45, 2.75) is 47.2 Å². The molecule has 0 saturated heterocycles. The molecule has 0 aliphatic heterocycles. The average Bonchev–Trinajstić information content (AvgIpc) is 2.31. The fourth-order valence-electron chi connectivity index (χ4n) is 0.974. The second kappa shape index (κ2) is 10.5. The Morgan fingerprint density at radius 2 is 1.63 bits per heavy atom. The molecule has 0 amide bonds. The highest BCUT2D eigenvalue weighted by atomic mass is 80.0. The van der Waals surface area contributed by atoms with Gasteiger partial charge in [-0.15, -0.1) is 0 Å². The first-order valence-corrected chi connectivity index (χ1v) is 10.3. The molecule has 1 atom stereocenters. The van der Waals surface area contributed by atoms with Gasteiger partial charge in [0, 0.05) is 0 Å². The molecule has 1 unspecified atom stereocenters. The van der Waals surface area contributed by atoms with Crippen molar-refractivity contribution in [1.29, 1.82) is 0 Å². The number of hydrogen-bond acceptors (Lipinski definition) is 4. The summed E-state index contributed by atoms with van der Waals surface area (Å²) in [5.41, 5.74) is -0.744. The normalized spacial score (nSPS) is 14.6. The van der Waals surface area contributed by atoms with Gasteiger partial charge in [0.2, 0.25) is 0 Å². The summed E-state index contributed by atoms with van der Waals surface area (Å²) in [5.74, 6) is 0. The SMILES string of the molecule is CCCOP(=O)(OCCC)OC(Cl)CCC(Br)(Br)Br. The highest BCUT2D eigenvalue weighted by Crippen LogP contribution is 2.52. The predicted molar refractivity (Wildman–Crippen MR) is 89.6 cm³/mol. The van der Waals surface area contributed by atoms with Gasteiger partial charge in [0.25, 0.3) is 0 Å². The molecule has 0 fully saturated rings. The number of phosphoric ester groups is 1. The van der Waals surface area contributed by atoms with Crippen LogP contribution in [0.2, 0.25) is 0 Å². The highest BCUT2D eigenvalue weighted by molar-refractivity contribution is 9.39. The van der Waals surface area contributed by atoms with Gasteiger partial charge in [-0.25, -0.2) is 4.57 Å². The Morgan fingerprint density at radius 3 is 2.00 bits per heavy atom. The first-order chi connectivity index (χ1) is 8.72. The zero-order valence-corrected chi connectivity index (χ0v) is 17.3. The van der Waals surface area contributed by atoms with E-state index in [0.717, 1.165) is 12.8 Å². The summed E-state index contributed by atoms with van der Waals surface area (Å²) in [6.07, 6.45) is 2.55. The lowest BCUT2D eigenvalue weighted by Gasteiger charge is -2.21. The number of alkyl halides is 4. The lowest BCUT2D eigenvalue weighted by atomic mass is 10.4. The third kappa shape index (κ3) is 12.1. The Morgan fingerprint density at radius 1 is 1.16 bits per heavy atom. The van der Waals surface area contributed by atoms with E-state index in [9.17, 15) is 4.57 Å². The van der Waals surface area contributed by atoms with Crippen LogP contribution >= 0.6 is 67.2 Å². The molecule has 0 aromatic heterocycles. The topological polar surface area (TPSA) is 44.8 Å². The molecule has 0 aromatic carbocycles. The minimum atomic E-state index is -3.57. The molecule has 0 bridgehead atoms. The molecule has 0 heterocycles. The Balaban J connectivity index is 4.33. The molecule has 116 valence electrons. The van der Waals surface area contributed by atoms with Crippen LogP contribution in [0.4, 0.5) is 0 Å². The van der Waals surface area contributed by atoms with Crippen LogP contribution in [0.3, 0.4) is 0 Å². The van der Waals surface area contributed by atoms with Gasteiger partial charge in [-0.3, -0.25) is 13.6 Å². The van der Waals surface area contributed by atoms with Gasteiger partial charge in [-0.2, -0.15) is 0 Å². The monoisotopic (exact) mass is 506 g/mol. The van der Waals surface area contributed by atoms with Gasteiger partial charge in [0.1, 0.15) is 7.71 Å². The number of rotatable bonds is 10. The fourth-order valence-corrected chi connectivity index (χ4v) is 3.46. The third-order valence-corrected chi connectivity index (χ3v) is 4.94. The highest BCUT2D eigenvalue weighted by Gasteiger charge is 2.31. The van der Waals surface area contributed by atoms with E-state index in [0.29, 0.717) is 26.1 Å². The smallest absolute Gasteiger partial charge is 0.287 e. The molecule has 0 spiro atoms. The van der Waals surface area contributed by atoms with Gasteiger partial charge in [0.05, 0.1) is 13.2 Å². The van der Waals surface area contributed by atoms with Crippen LogP contribution in [0.25, 0.3) is 0 Å². The quantitative estimate of drug-likeness (QED) is 0.262. The van der Waals surface area contributed by atoms with Crippen molar-refractivity contribution in [2.75, 3.05) is 13.2 Å². The van der Waals surface area contributed by atoms with E-state index in [1.54, 1.807) is 0 Å². The summed E-state index contributed by atoms with van der Waals surface area (Å²) < 4.78 is 27.5. The van der Waals surface area contributed by atoms with Crippen molar-refractivity contribution in [1.82, 2.24) is 0 Å². The average molecular weight is 509 g/mol. The van der Waals surface area contributed by atoms with Crippen LogP contribution in [0.5, 0.6) is 0 Å². The van der Waals surface area contributed by atoms with E-state index >= 15 is 0 Å². The molecule has 9 heteroatoms. The largest absolute Gasteiger partial charge is 0.476 e. The lowest BCUT2D eigenvalue weighted by Crippen LogP contribution is -2.11. The summed E-state index contributed by atoms with van der Waals surface area (Å²) in [6.45, 7) is 4.45. The molecule has 0 radical (unpaired) electrons. The molecule has 0 aliphatic rings. The summed E-state index contributed by atoms with van der Waals surface area (Å²) in [7, 11) is -3.57. The maximum Gasteiger partial charge on any atom is 0.476 e. The standard InChI is InChI=1S/C10H19Br3ClO4P/c1-3-7-16-19(15,17-8-4-2)18-9(14)5-6-10(11,12)13/h9H,3-8H2,1-2H3. The van der Waals surface area contributed by atoms with Crippen LogP contribution in [0.15, 0.2) is 0 Å². The van der Waals surface area contributed by atoms with E-state index in [4.69, 9.17) is 25.2 Å². The molecule has 0 N–H and O–H groups in total. The van der Waals surface area contributed by atoms with Crippen molar-refractivity contribution >= 4 is 67.2 Å². The maximum atomic E-state index is 12.3. The predicted octanol–water partition coefficient (Wildman–Crippen LogP) is 6.15. The first-order valence-electron chi connectivity index (χ1n) is 6.00. The summed E-state index contributed by atoms with van der Waals surface area (Å²) in [5, 5.41) is 0. The van der Waals surface area contributed by atoms with Crippen molar-refractivity contribution < 1.29 is 18.1 Å². The van der Waals surface area contributed by atoms with E-state index < -0.39 is 15.5 Å². The minimum absolute atomic E-state index is 0.309. The van der Waals surface area contributed by atoms with Crippen molar-refractivity contribution in [3.05, 3.63) is 0 Å². The Labute approximate surface area is 145 Å². The summed E-state index contributed by atoms with van der Waals surface area (Å²) in [6, 6.07) is 0. The minimum Gasteiger partial charge on any atom is -0.287 e. The molecule has 0 saturated carbocycles. The molecular weight excluding hydrogens is 490 g/mol. The number of hydrogen-bond donors (Lipinski definition) is 0. The van der Waals surface area contributed by atoms with Crippen LogP contribution < -0.4 is 0 Å². The Hall–Kier alpha value is 1.84. The third-order valence-electron chi connectivity index (χ3n) is 1.81. The summed E-state index contributed by atoms with van der Waals surface area (Å²) in [4.78, 5) is 0. The second-order valence-electron chi connectivity index (χ2n) is 3.78. The van der Waals surface area contributed by atoms with Crippen molar-refractivity contribution in [3.63, 3.8) is 0 Å². The van der Waals surface area contributed by atoms with Crippen LogP contribution in [-0.4, -0.2) is 20.9 Å². The molecular formula is C10H19Br3ClO4P.